The molecule has 0 saturated heterocycles. The first-order valence-electron chi connectivity index (χ1n) is 4.69. The molecule has 6 nitrogen and oxygen atoms in total. The van der Waals surface area contributed by atoms with Gasteiger partial charge in [-0.15, -0.1) is 0 Å². The van der Waals surface area contributed by atoms with E-state index < -0.39 is 19.1 Å². The van der Waals surface area contributed by atoms with Crippen LogP contribution in [0.4, 0.5) is 0 Å². The van der Waals surface area contributed by atoms with Crippen molar-refractivity contribution in [1.82, 2.24) is 5.48 Å². The maximum atomic E-state index is 10.9. The summed E-state index contributed by atoms with van der Waals surface area (Å²) < 4.78 is 0. The molecule has 0 saturated carbocycles. The summed E-state index contributed by atoms with van der Waals surface area (Å²) in [5.41, 5.74) is 8.09. The van der Waals surface area contributed by atoms with Crippen LogP contribution >= 0.6 is 0 Å². The van der Waals surface area contributed by atoms with Crippen molar-refractivity contribution < 1.29 is 20.0 Å². The Hall–Kier alpha value is -1.41. The van der Waals surface area contributed by atoms with E-state index in [1.165, 1.54) is 17.6 Å². The normalized spacial score (nSPS) is 12.0. The first-order valence-corrected chi connectivity index (χ1v) is 4.69. The molecule has 0 fully saturated rings. The maximum absolute atomic E-state index is 10.9. The number of amides is 1. The molecule has 0 radical (unpaired) electrons. The summed E-state index contributed by atoms with van der Waals surface area (Å²) in [6, 6.07) is 5.50. The van der Waals surface area contributed by atoms with Gasteiger partial charge in [-0.1, -0.05) is 24.3 Å². The molecule has 16 heavy (non-hydrogen) atoms. The largest absolute Gasteiger partial charge is 0.488 e. The molecule has 1 rings (SSSR count). The van der Waals surface area contributed by atoms with Crippen molar-refractivity contribution in [3.8, 4) is 0 Å². The third-order valence-electron chi connectivity index (χ3n) is 2.18. The van der Waals surface area contributed by atoms with Gasteiger partial charge < -0.3 is 15.8 Å². The van der Waals surface area contributed by atoms with E-state index in [2.05, 4.69) is 0 Å². The van der Waals surface area contributed by atoms with E-state index in [1.807, 2.05) is 0 Å². The third kappa shape index (κ3) is 3.32. The second-order valence-corrected chi connectivity index (χ2v) is 3.40. The second kappa shape index (κ2) is 5.62. The Morgan fingerprint density at radius 3 is 2.38 bits per heavy atom. The van der Waals surface area contributed by atoms with E-state index in [0.717, 1.165) is 5.56 Å². The van der Waals surface area contributed by atoms with Gasteiger partial charge in [0.25, 0.3) is 5.91 Å². The van der Waals surface area contributed by atoms with Crippen LogP contribution in [0.5, 0.6) is 0 Å². The Kier molecular flexibility index (Phi) is 4.45. The van der Waals surface area contributed by atoms with Gasteiger partial charge in [0.15, 0.2) is 0 Å². The lowest BCUT2D eigenvalue weighted by Crippen LogP contribution is -2.40. The number of hydrogen-bond donors (Lipinski definition) is 5. The zero-order chi connectivity index (χ0) is 12.1. The van der Waals surface area contributed by atoms with Crippen LogP contribution in [0, 0.1) is 0 Å². The van der Waals surface area contributed by atoms with Crippen molar-refractivity contribution in [3.63, 3.8) is 0 Å². The third-order valence-corrected chi connectivity index (χ3v) is 2.18. The molecule has 0 heterocycles. The van der Waals surface area contributed by atoms with Gasteiger partial charge in [-0.25, -0.2) is 5.48 Å². The maximum Gasteiger partial charge on any atom is 0.488 e. The van der Waals surface area contributed by atoms with Crippen LogP contribution in [-0.2, 0) is 11.2 Å². The highest BCUT2D eigenvalue weighted by atomic mass is 16.5. The molecule has 0 aliphatic carbocycles. The zero-order valence-electron chi connectivity index (χ0n) is 8.50. The van der Waals surface area contributed by atoms with Crippen molar-refractivity contribution >= 4 is 18.5 Å². The van der Waals surface area contributed by atoms with Gasteiger partial charge in [-0.3, -0.25) is 10.0 Å². The predicted octanol–water partition coefficient (Wildman–Crippen LogP) is -2.26. The van der Waals surface area contributed by atoms with Gasteiger partial charge in [0.05, 0.1) is 6.04 Å². The van der Waals surface area contributed by atoms with Crippen molar-refractivity contribution in [2.24, 2.45) is 5.73 Å². The monoisotopic (exact) mass is 224 g/mol. The Morgan fingerprint density at radius 1 is 1.38 bits per heavy atom. The van der Waals surface area contributed by atoms with Gasteiger partial charge in [-0.2, -0.15) is 0 Å². The Bertz CT molecular complexity index is 355. The minimum atomic E-state index is -1.51. The molecule has 1 amide bonds. The lowest BCUT2D eigenvalue weighted by molar-refractivity contribution is -0.130. The minimum Gasteiger partial charge on any atom is -0.423 e. The number of benzene rings is 1. The summed E-state index contributed by atoms with van der Waals surface area (Å²) in [5, 5.41) is 26.1. The van der Waals surface area contributed by atoms with Crippen LogP contribution < -0.4 is 16.7 Å². The number of hydrogen-bond acceptors (Lipinski definition) is 5. The fourth-order valence-corrected chi connectivity index (χ4v) is 1.26. The molecule has 0 unspecified atom stereocenters. The van der Waals surface area contributed by atoms with Crippen molar-refractivity contribution in [2.75, 3.05) is 0 Å². The molecule has 0 aliphatic rings. The molecule has 1 atom stereocenters. The zero-order valence-corrected chi connectivity index (χ0v) is 8.50. The summed E-state index contributed by atoms with van der Waals surface area (Å²) >= 11 is 0. The Balaban J connectivity index is 2.65. The highest BCUT2D eigenvalue weighted by molar-refractivity contribution is 6.58. The topological polar surface area (TPSA) is 116 Å². The molecule has 0 bridgehead atoms. The van der Waals surface area contributed by atoms with Crippen LogP contribution in [0.3, 0.4) is 0 Å². The number of carbonyl (C=O) groups excluding carboxylic acids is 1. The van der Waals surface area contributed by atoms with Crippen LogP contribution in [0.1, 0.15) is 5.56 Å². The fourth-order valence-electron chi connectivity index (χ4n) is 1.26. The smallest absolute Gasteiger partial charge is 0.423 e. The fraction of sp³-hybridized carbons (Fsp3) is 0.222. The molecule has 86 valence electrons. The molecule has 1 aromatic carbocycles. The molecule has 0 aliphatic heterocycles. The van der Waals surface area contributed by atoms with E-state index in [0.29, 0.717) is 5.46 Å². The average Bonchev–Trinajstić information content (AvgIpc) is 2.28. The number of carbonyl (C=O) groups is 1. The van der Waals surface area contributed by atoms with E-state index >= 15 is 0 Å². The van der Waals surface area contributed by atoms with E-state index in [-0.39, 0.29) is 6.42 Å². The number of rotatable bonds is 4. The first kappa shape index (κ1) is 12.7. The van der Waals surface area contributed by atoms with Crippen molar-refractivity contribution in [1.29, 1.82) is 0 Å². The van der Waals surface area contributed by atoms with Crippen LogP contribution in [0.2, 0.25) is 0 Å². The van der Waals surface area contributed by atoms with Crippen LogP contribution in [0.25, 0.3) is 0 Å². The standard InChI is InChI=1S/C9H13BN2O4/c11-8(9(13)12-16)5-6-1-3-7(4-2-6)10(14)15/h1-4,8,14-16H,5,11H2,(H,12,13)/t8-/m0/s1. The molecule has 6 N–H and O–H groups in total. The predicted molar refractivity (Wildman–Crippen MR) is 57.9 cm³/mol. The van der Waals surface area contributed by atoms with E-state index in [1.54, 1.807) is 12.1 Å². The van der Waals surface area contributed by atoms with Gasteiger partial charge >= 0.3 is 7.12 Å². The minimum absolute atomic E-state index is 0.258. The highest BCUT2D eigenvalue weighted by Gasteiger charge is 2.14. The van der Waals surface area contributed by atoms with Gasteiger partial charge in [-0.05, 0) is 17.4 Å². The Labute approximate surface area is 92.8 Å². The molecule has 7 heteroatoms. The average molecular weight is 224 g/mol. The summed E-state index contributed by atoms with van der Waals surface area (Å²) in [5.74, 6) is -0.661. The van der Waals surface area contributed by atoms with Crippen molar-refractivity contribution in [2.45, 2.75) is 12.5 Å². The second-order valence-electron chi connectivity index (χ2n) is 3.40. The van der Waals surface area contributed by atoms with E-state index in [9.17, 15) is 4.79 Å². The molecule has 1 aromatic rings. The Morgan fingerprint density at radius 2 is 1.94 bits per heavy atom. The molecular weight excluding hydrogens is 211 g/mol. The van der Waals surface area contributed by atoms with E-state index in [4.69, 9.17) is 21.0 Å². The van der Waals surface area contributed by atoms with Gasteiger partial charge in [0.2, 0.25) is 0 Å². The van der Waals surface area contributed by atoms with Crippen LogP contribution in [-0.4, -0.2) is 34.3 Å². The summed E-state index contributed by atoms with van der Waals surface area (Å²) in [7, 11) is -1.51. The lowest BCUT2D eigenvalue weighted by atomic mass is 9.80. The first-order chi connectivity index (χ1) is 7.54. The highest BCUT2D eigenvalue weighted by Crippen LogP contribution is 2.01. The SMILES string of the molecule is N[C@@H](Cc1ccc(B(O)O)cc1)C(=O)NO. The summed E-state index contributed by atoms with van der Waals surface area (Å²) in [6.45, 7) is 0. The lowest BCUT2D eigenvalue weighted by Gasteiger charge is -2.09. The number of hydroxylamine groups is 1. The van der Waals surface area contributed by atoms with Crippen LogP contribution in [0.15, 0.2) is 24.3 Å². The van der Waals surface area contributed by atoms with Gasteiger partial charge in [0, 0.05) is 0 Å². The number of nitrogens with one attached hydrogen (secondary N) is 1. The molecule has 0 aromatic heterocycles. The van der Waals surface area contributed by atoms with Gasteiger partial charge in [0.1, 0.15) is 0 Å². The van der Waals surface area contributed by atoms with Crippen molar-refractivity contribution in [3.05, 3.63) is 29.8 Å². The quantitative estimate of drug-likeness (QED) is 0.225. The molecular formula is C9H13BN2O4. The summed E-state index contributed by atoms with van der Waals surface area (Å²) in [6.07, 6.45) is 0.258. The molecule has 0 spiro atoms. The summed E-state index contributed by atoms with van der Waals surface area (Å²) in [4.78, 5) is 10.9. The number of nitrogens with two attached hydrogens (primary N) is 1.